The first-order valence-corrected chi connectivity index (χ1v) is 18.4. The Hall–Kier alpha value is -4.53. The summed E-state index contributed by atoms with van der Waals surface area (Å²) in [4.78, 5) is 22.8. The molecule has 3 aromatic carbocycles. The SMILES string of the molecule is CC(NC1(CCC(C)(C)C)C(=O)C(C2=NS(=O)(=O)c3cc(NS(C)(=O)=O)ccc3N2)=C(O)c2ccccc21)c1nc2ccccc2[nH]1. The van der Waals surface area contributed by atoms with Gasteiger partial charge in [0.15, 0.2) is 11.6 Å². The first-order chi connectivity index (χ1) is 22.0. The summed E-state index contributed by atoms with van der Waals surface area (Å²) < 4.78 is 56.8. The molecular weight excluding hydrogens is 641 g/mol. The Bertz CT molecular complexity index is 2180. The van der Waals surface area contributed by atoms with Gasteiger partial charge in [-0.1, -0.05) is 57.2 Å². The Morgan fingerprint density at radius 2 is 1.74 bits per heavy atom. The summed E-state index contributed by atoms with van der Waals surface area (Å²) in [5, 5.41) is 18.1. The maximum Gasteiger partial charge on any atom is 0.286 e. The standard InChI is InChI=1S/C33H36N6O6S2/c1-19(30-34-23-12-8-9-13-24(23)35-30)37-33(17-16-32(2,3)4)22-11-7-6-10-21(22)28(40)27(29(33)41)31-36-25-15-14-20(38-46(5,42)43)18-26(25)47(44,45)39-31/h6-15,18-19,37-38,40H,16-17H2,1-5H3,(H,34,35)(H,36,39). The molecule has 2 heterocycles. The average molecular weight is 677 g/mol. The van der Waals surface area contributed by atoms with Gasteiger partial charge in [0, 0.05) is 11.3 Å². The van der Waals surface area contributed by atoms with Crippen molar-refractivity contribution in [3.63, 3.8) is 0 Å². The van der Waals surface area contributed by atoms with Crippen LogP contribution in [0.15, 0.2) is 81.6 Å². The third-order valence-corrected chi connectivity index (χ3v) is 10.2. The molecule has 0 radical (unpaired) electrons. The van der Waals surface area contributed by atoms with E-state index in [1.54, 1.807) is 24.3 Å². The van der Waals surface area contributed by atoms with E-state index in [1.165, 1.54) is 12.1 Å². The van der Waals surface area contributed by atoms with Crippen LogP contribution in [0.1, 0.15) is 63.5 Å². The summed E-state index contributed by atoms with van der Waals surface area (Å²) in [6, 6.07) is 18.0. The number of carbonyl (C=O) groups is 1. The van der Waals surface area contributed by atoms with E-state index in [-0.39, 0.29) is 33.1 Å². The molecule has 0 spiro atoms. The smallest absolute Gasteiger partial charge is 0.286 e. The van der Waals surface area contributed by atoms with Crippen LogP contribution in [-0.2, 0) is 30.4 Å². The average Bonchev–Trinajstić information content (AvgIpc) is 3.42. The number of anilines is 2. The first kappa shape index (κ1) is 32.4. The number of aliphatic hydroxyl groups is 1. The molecule has 0 saturated carbocycles. The van der Waals surface area contributed by atoms with Crippen molar-refractivity contribution < 1.29 is 26.7 Å². The molecule has 0 bridgehead atoms. The van der Waals surface area contributed by atoms with Crippen LogP contribution >= 0.6 is 0 Å². The van der Waals surface area contributed by atoms with E-state index < -0.39 is 43.2 Å². The maximum absolute atomic E-state index is 15.0. The molecule has 1 aliphatic carbocycles. The number of para-hydroxylation sites is 2. The van der Waals surface area contributed by atoms with Crippen LogP contribution in [0.2, 0.25) is 0 Å². The first-order valence-electron chi connectivity index (χ1n) is 15.0. The highest BCUT2D eigenvalue weighted by molar-refractivity contribution is 7.92. The Morgan fingerprint density at radius 3 is 2.45 bits per heavy atom. The fourth-order valence-corrected chi connectivity index (χ4v) is 7.75. The zero-order chi connectivity index (χ0) is 33.9. The van der Waals surface area contributed by atoms with Crippen LogP contribution in [-0.4, -0.2) is 49.8 Å². The number of aromatic amines is 1. The molecule has 47 heavy (non-hydrogen) atoms. The highest BCUT2D eigenvalue weighted by Crippen LogP contribution is 2.45. The summed E-state index contributed by atoms with van der Waals surface area (Å²) in [5.74, 6) is -0.691. The molecule has 0 saturated heterocycles. The third kappa shape index (κ3) is 6.15. The third-order valence-electron chi connectivity index (χ3n) is 8.29. The van der Waals surface area contributed by atoms with Crippen molar-refractivity contribution in [2.75, 3.05) is 16.3 Å². The minimum atomic E-state index is -4.44. The number of sulfonamides is 2. The van der Waals surface area contributed by atoms with Crippen molar-refractivity contribution >= 4 is 59.8 Å². The summed E-state index contributed by atoms with van der Waals surface area (Å²) >= 11 is 0. The van der Waals surface area contributed by atoms with E-state index in [2.05, 4.69) is 45.5 Å². The lowest BCUT2D eigenvalue weighted by atomic mass is 9.69. The van der Waals surface area contributed by atoms with Crippen LogP contribution in [0.3, 0.4) is 0 Å². The van der Waals surface area contributed by atoms with E-state index in [4.69, 9.17) is 4.98 Å². The van der Waals surface area contributed by atoms with Crippen LogP contribution in [0, 0.1) is 5.41 Å². The van der Waals surface area contributed by atoms with Crippen LogP contribution in [0.5, 0.6) is 0 Å². The number of imidazole rings is 1. The number of nitrogens with zero attached hydrogens (tertiary/aromatic N) is 2. The molecule has 1 aliphatic heterocycles. The molecule has 5 N–H and O–H groups in total. The van der Waals surface area contributed by atoms with Gasteiger partial charge in [0.1, 0.15) is 27.6 Å². The number of hydrogen-bond donors (Lipinski definition) is 5. The van der Waals surface area contributed by atoms with Gasteiger partial charge in [0.25, 0.3) is 10.0 Å². The van der Waals surface area contributed by atoms with E-state index in [0.29, 0.717) is 29.8 Å². The number of fused-ring (bicyclic) bond motifs is 3. The van der Waals surface area contributed by atoms with E-state index in [0.717, 1.165) is 23.4 Å². The molecular formula is C33H36N6O6S2. The molecule has 12 nitrogen and oxygen atoms in total. The van der Waals surface area contributed by atoms with Gasteiger partial charge in [-0.15, -0.1) is 4.40 Å². The zero-order valence-corrected chi connectivity index (χ0v) is 28.2. The molecule has 246 valence electrons. The molecule has 6 rings (SSSR count). The van der Waals surface area contributed by atoms with Gasteiger partial charge in [-0.25, -0.2) is 13.4 Å². The predicted molar refractivity (Wildman–Crippen MR) is 182 cm³/mol. The molecule has 2 atom stereocenters. The van der Waals surface area contributed by atoms with Crippen molar-refractivity contribution in [2.45, 2.75) is 57.0 Å². The van der Waals surface area contributed by atoms with Crippen molar-refractivity contribution in [3.05, 3.63) is 89.3 Å². The van der Waals surface area contributed by atoms with Crippen molar-refractivity contribution in [3.8, 4) is 0 Å². The fourth-order valence-electron chi connectivity index (χ4n) is 6.05. The maximum atomic E-state index is 15.0. The second-order valence-corrected chi connectivity index (χ2v) is 16.5. The van der Waals surface area contributed by atoms with E-state index in [1.807, 2.05) is 31.2 Å². The number of carbonyl (C=O) groups excluding carboxylic acids is 1. The van der Waals surface area contributed by atoms with E-state index >= 15 is 4.79 Å². The number of aliphatic hydroxyl groups excluding tert-OH is 1. The molecule has 2 unspecified atom stereocenters. The highest BCUT2D eigenvalue weighted by Gasteiger charge is 2.50. The Kier molecular flexibility index (Phi) is 7.80. The zero-order valence-electron chi connectivity index (χ0n) is 26.5. The number of Topliss-reactive ketones (excluding diaryl/α,β-unsaturated/α-hetero) is 1. The van der Waals surface area contributed by atoms with Gasteiger partial charge in [0.2, 0.25) is 10.0 Å². The lowest BCUT2D eigenvalue weighted by Gasteiger charge is -2.42. The topological polar surface area (TPSA) is 183 Å². The van der Waals surface area contributed by atoms with Gasteiger partial charge in [-0.05, 0) is 61.1 Å². The number of ketones is 1. The Balaban J connectivity index is 1.49. The minimum absolute atomic E-state index is 0.0324. The van der Waals surface area contributed by atoms with Crippen LogP contribution in [0.25, 0.3) is 16.8 Å². The second kappa shape index (κ2) is 11.3. The van der Waals surface area contributed by atoms with Crippen molar-refractivity contribution in [1.29, 1.82) is 0 Å². The second-order valence-electron chi connectivity index (χ2n) is 13.2. The van der Waals surface area contributed by atoms with Gasteiger partial charge in [0.05, 0.1) is 29.0 Å². The lowest BCUT2D eigenvalue weighted by molar-refractivity contribution is -0.122. The Labute approximate surface area is 273 Å². The largest absolute Gasteiger partial charge is 0.506 e. The molecule has 2 aliphatic rings. The number of amidine groups is 1. The Morgan fingerprint density at radius 1 is 1.04 bits per heavy atom. The molecule has 0 fully saturated rings. The molecule has 1 aromatic heterocycles. The number of benzene rings is 3. The van der Waals surface area contributed by atoms with Crippen LogP contribution in [0.4, 0.5) is 11.4 Å². The summed E-state index contributed by atoms with van der Waals surface area (Å²) in [6.07, 6.45) is 1.86. The lowest BCUT2D eigenvalue weighted by Crippen LogP contribution is -2.55. The van der Waals surface area contributed by atoms with Gasteiger partial charge in [-0.2, -0.15) is 8.42 Å². The number of hydrogen-bond acceptors (Lipinski definition) is 9. The summed E-state index contributed by atoms with van der Waals surface area (Å²) in [7, 11) is -8.12. The molecule has 0 amide bonds. The highest BCUT2D eigenvalue weighted by atomic mass is 32.2. The van der Waals surface area contributed by atoms with Crippen molar-refractivity contribution in [1.82, 2.24) is 15.3 Å². The predicted octanol–water partition coefficient (Wildman–Crippen LogP) is 5.37. The number of H-pyrrole nitrogens is 1. The van der Waals surface area contributed by atoms with E-state index in [9.17, 15) is 21.9 Å². The fraction of sp³-hybridized carbons (Fsp3) is 0.303. The number of nitrogens with one attached hydrogen (secondary N) is 4. The normalized spacial score (nSPS) is 19.9. The summed E-state index contributed by atoms with van der Waals surface area (Å²) in [5.41, 5.74) is 0.748. The van der Waals surface area contributed by atoms with Gasteiger partial charge < -0.3 is 15.4 Å². The number of aromatic nitrogens is 2. The quantitative estimate of drug-likeness (QED) is 0.164. The van der Waals surface area contributed by atoms with Crippen LogP contribution < -0.4 is 15.4 Å². The molecule has 14 heteroatoms. The monoisotopic (exact) mass is 676 g/mol. The summed E-state index contributed by atoms with van der Waals surface area (Å²) in [6.45, 7) is 8.10. The number of rotatable bonds is 8. The van der Waals surface area contributed by atoms with Gasteiger partial charge in [-0.3, -0.25) is 14.8 Å². The van der Waals surface area contributed by atoms with Gasteiger partial charge >= 0.3 is 0 Å². The van der Waals surface area contributed by atoms with Crippen molar-refractivity contribution in [2.24, 2.45) is 9.81 Å². The minimum Gasteiger partial charge on any atom is -0.506 e. The molecule has 4 aromatic rings.